The van der Waals surface area contributed by atoms with Gasteiger partial charge in [0.15, 0.2) is 5.78 Å². The number of Topliss-reactive ketones (excluding diaryl/α,β-unsaturated/α-hetero) is 1. The standard InChI is InChI=1S/C19H16N2O3/c1-13(22)15(10-14-6-2-5-9-19(14)21(23)24)11-16-12-20-18-8-4-3-7-17(16)18/h2-10,12,20H,11H2,1H3/b15-10+. The smallest absolute Gasteiger partial charge is 0.276 e. The molecule has 0 bridgehead atoms. The van der Waals surface area contributed by atoms with Gasteiger partial charge in [-0.2, -0.15) is 0 Å². The molecule has 0 saturated carbocycles. The largest absolute Gasteiger partial charge is 0.361 e. The van der Waals surface area contributed by atoms with Crippen LogP contribution in [0.1, 0.15) is 18.1 Å². The molecule has 0 radical (unpaired) electrons. The van der Waals surface area contributed by atoms with Crippen LogP contribution in [0.25, 0.3) is 17.0 Å². The number of allylic oxidation sites excluding steroid dienone is 1. The summed E-state index contributed by atoms with van der Waals surface area (Å²) in [6.07, 6.45) is 3.91. The van der Waals surface area contributed by atoms with Crippen molar-refractivity contribution < 1.29 is 9.72 Å². The number of nitrogens with zero attached hydrogens (tertiary/aromatic N) is 1. The molecule has 0 saturated heterocycles. The minimum absolute atomic E-state index is 0.00447. The van der Waals surface area contributed by atoms with E-state index in [1.54, 1.807) is 24.3 Å². The number of H-pyrrole nitrogens is 1. The Kier molecular flexibility index (Phi) is 4.24. The van der Waals surface area contributed by atoms with Crippen LogP contribution >= 0.6 is 0 Å². The van der Waals surface area contributed by atoms with E-state index in [0.29, 0.717) is 17.6 Å². The highest BCUT2D eigenvalue weighted by atomic mass is 16.6. The Balaban J connectivity index is 2.02. The molecule has 1 heterocycles. The van der Waals surface area contributed by atoms with Crippen molar-refractivity contribution in [1.82, 2.24) is 4.98 Å². The number of aromatic nitrogens is 1. The van der Waals surface area contributed by atoms with Gasteiger partial charge in [0, 0.05) is 35.2 Å². The van der Waals surface area contributed by atoms with Crippen LogP contribution < -0.4 is 0 Å². The van der Waals surface area contributed by atoms with E-state index in [1.807, 2.05) is 30.5 Å². The van der Waals surface area contributed by atoms with Crippen LogP contribution in [-0.2, 0) is 11.2 Å². The molecule has 24 heavy (non-hydrogen) atoms. The van der Waals surface area contributed by atoms with Gasteiger partial charge >= 0.3 is 0 Å². The van der Waals surface area contributed by atoms with Crippen molar-refractivity contribution in [3.63, 3.8) is 0 Å². The van der Waals surface area contributed by atoms with E-state index in [4.69, 9.17) is 0 Å². The van der Waals surface area contributed by atoms with Gasteiger partial charge in [0.25, 0.3) is 5.69 Å². The predicted octanol–water partition coefficient (Wildman–Crippen LogP) is 4.29. The van der Waals surface area contributed by atoms with Gasteiger partial charge in [-0.05, 0) is 30.7 Å². The maximum absolute atomic E-state index is 12.0. The maximum atomic E-state index is 12.0. The third-order valence-corrected chi connectivity index (χ3v) is 3.97. The number of aromatic amines is 1. The van der Waals surface area contributed by atoms with Crippen LogP contribution in [-0.4, -0.2) is 15.7 Å². The molecule has 1 aromatic heterocycles. The topological polar surface area (TPSA) is 76.0 Å². The molecule has 0 amide bonds. The summed E-state index contributed by atoms with van der Waals surface area (Å²) in [5, 5.41) is 12.2. The van der Waals surface area contributed by atoms with Crippen LogP contribution in [0.4, 0.5) is 5.69 Å². The Morgan fingerprint density at radius 2 is 1.88 bits per heavy atom. The second-order valence-corrected chi connectivity index (χ2v) is 5.58. The number of ketones is 1. The fourth-order valence-corrected chi connectivity index (χ4v) is 2.72. The Labute approximate surface area is 138 Å². The van der Waals surface area contributed by atoms with E-state index < -0.39 is 4.92 Å². The van der Waals surface area contributed by atoms with Crippen LogP contribution in [0.3, 0.4) is 0 Å². The Morgan fingerprint density at radius 1 is 1.17 bits per heavy atom. The van der Waals surface area contributed by atoms with Crippen molar-refractivity contribution in [3.8, 4) is 0 Å². The number of para-hydroxylation sites is 2. The van der Waals surface area contributed by atoms with E-state index >= 15 is 0 Å². The van der Waals surface area contributed by atoms with Gasteiger partial charge < -0.3 is 4.98 Å². The number of nitro benzene ring substituents is 1. The van der Waals surface area contributed by atoms with Crippen molar-refractivity contribution in [2.75, 3.05) is 0 Å². The van der Waals surface area contributed by atoms with Crippen LogP contribution in [0.2, 0.25) is 0 Å². The molecule has 1 N–H and O–H groups in total. The van der Waals surface area contributed by atoms with Crippen molar-refractivity contribution in [3.05, 3.63) is 81.5 Å². The number of fused-ring (bicyclic) bond motifs is 1. The van der Waals surface area contributed by atoms with E-state index in [1.165, 1.54) is 13.0 Å². The quantitative estimate of drug-likeness (QED) is 0.433. The lowest BCUT2D eigenvalue weighted by Gasteiger charge is -2.04. The molecule has 0 aliphatic rings. The highest BCUT2D eigenvalue weighted by Crippen LogP contribution is 2.25. The highest BCUT2D eigenvalue weighted by Gasteiger charge is 2.14. The number of nitro groups is 1. The summed E-state index contributed by atoms with van der Waals surface area (Å²) in [6, 6.07) is 14.3. The summed E-state index contributed by atoms with van der Waals surface area (Å²) in [4.78, 5) is 25.9. The number of carbonyl (C=O) groups is 1. The zero-order valence-corrected chi connectivity index (χ0v) is 13.2. The van der Waals surface area contributed by atoms with Gasteiger partial charge in [0.1, 0.15) is 0 Å². The fourth-order valence-electron chi connectivity index (χ4n) is 2.72. The van der Waals surface area contributed by atoms with Crippen LogP contribution in [0.5, 0.6) is 0 Å². The average Bonchev–Trinajstić information content (AvgIpc) is 2.97. The zero-order valence-electron chi connectivity index (χ0n) is 13.2. The monoisotopic (exact) mass is 320 g/mol. The Bertz CT molecular complexity index is 954. The molecule has 2 aromatic carbocycles. The first-order valence-corrected chi connectivity index (χ1v) is 7.56. The van der Waals surface area contributed by atoms with Gasteiger partial charge in [-0.3, -0.25) is 14.9 Å². The lowest BCUT2D eigenvalue weighted by molar-refractivity contribution is -0.385. The molecule has 0 spiro atoms. The summed E-state index contributed by atoms with van der Waals surface area (Å²) < 4.78 is 0. The third-order valence-electron chi connectivity index (χ3n) is 3.97. The molecule has 3 rings (SSSR count). The molecular formula is C19H16N2O3. The van der Waals surface area contributed by atoms with Gasteiger partial charge in [0.2, 0.25) is 0 Å². The molecule has 0 fully saturated rings. The number of carbonyl (C=O) groups excluding carboxylic acids is 1. The first-order chi connectivity index (χ1) is 11.6. The van der Waals surface area contributed by atoms with Crippen molar-refractivity contribution >= 4 is 28.4 Å². The Hall–Kier alpha value is -3.21. The molecule has 0 aliphatic heterocycles. The minimum atomic E-state index is -0.435. The third kappa shape index (κ3) is 3.10. The summed E-state index contributed by atoms with van der Waals surface area (Å²) in [5.41, 5.74) is 2.96. The predicted molar refractivity (Wildman–Crippen MR) is 93.8 cm³/mol. The number of benzene rings is 2. The SMILES string of the molecule is CC(=O)/C(=C/c1ccccc1[N+](=O)[O-])Cc1c[nH]c2ccccc12. The number of hydrogen-bond acceptors (Lipinski definition) is 3. The van der Waals surface area contributed by atoms with Crippen molar-refractivity contribution in [2.45, 2.75) is 13.3 Å². The molecule has 0 aliphatic carbocycles. The first kappa shape index (κ1) is 15.7. The van der Waals surface area contributed by atoms with Crippen molar-refractivity contribution in [2.24, 2.45) is 0 Å². The van der Waals surface area contributed by atoms with Gasteiger partial charge in [-0.25, -0.2) is 0 Å². The molecule has 0 atom stereocenters. The van der Waals surface area contributed by atoms with E-state index in [2.05, 4.69) is 4.98 Å². The van der Waals surface area contributed by atoms with Gasteiger partial charge in [-0.15, -0.1) is 0 Å². The van der Waals surface area contributed by atoms with Crippen LogP contribution in [0, 0.1) is 10.1 Å². The molecule has 0 unspecified atom stereocenters. The second kappa shape index (κ2) is 6.50. The number of nitrogens with one attached hydrogen (secondary N) is 1. The molecule has 5 nitrogen and oxygen atoms in total. The van der Waals surface area contributed by atoms with Gasteiger partial charge in [0.05, 0.1) is 10.5 Å². The molecule has 3 aromatic rings. The van der Waals surface area contributed by atoms with Crippen LogP contribution in [0.15, 0.2) is 60.3 Å². The minimum Gasteiger partial charge on any atom is -0.361 e. The second-order valence-electron chi connectivity index (χ2n) is 5.58. The first-order valence-electron chi connectivity index (χ1n) is 7.56. The van der Waals surface area contributed by atoms with Crippen molar-refractivity contribution in [1.29, 1.82) is 0 Å². The molecular weight excluding hydrogens is 304 g/mol. The van der Waals surface area contributed by atoms with E-state index in [-0.39, 0.29) is 11.5 Å². The summed E-state index contributed by atoms with van der Waals surface area (Å²) in [5.74, 6) is -0.0987. The normalized spacial score (nSPS) is 11.6. The summed E-state index contributed by atoms with van der Waals surface area (Å²) >= 11 is 0. The van der Waals surface area contributed by atoms with E-state index in [0.717, 1.165) is 16.5 Å². The summed E-state index contributed by atoms with van der Waals surface area (Å²) in [6.45, 7) is 1.48. The van der Waals surface area contributed by atoms with E-state index in [9.17, 15) is 14.9 Å². The lowest BCUT2D eigenvalue weighted by Crippen LogP contribution is -2.01. The Morgan fingerprint density at radius 3 is 2.62 bits per heavy atom. The number of rotatable bonds is 5. The zero-order chi connectivity index (χ0) is 17.1. The molecule has 120 valence electrons. The molecule has 5 heteroatoms. The highest BCUT2D eigenvalue weighted by molar-refractivity contribution is 5.99. The fraction of sp³-hybridized carbons (Fsp3) is 0.105. The summed E-state index contributed by atoms with van der Waals surface area (Å²) in [7, 11) is 0. The average molecular weight is 320 g/mol. The maximum Gasteiger partial charge on any atom is 0.276 e. The number of hydrogen-bond donors (Lipinski definition) is 1. The lowest BCUT2D eigenvalue weighted by atomic mass is 9.99. The van der Waals surface area contributed by atoms with Gasteiger partial charge in [-0.1, -0.05) is 30.3 Å².